The number of carbonyl (C=O) groups is 1. The summed E-state index contributed by atoms with van der Waals surface area (Å²) in [5, 5.41) is 12.8. The molecular formula is C14H16N4O3S. The molecule has 2 rings (SSSR count). The van der Waals surface area contributed by atoms with E-state index in [2.05, 4.69) is 4.98 Å². The van der Waals surface area contributed by atoms with E-state index in [0.717, 1.165) is 11.1 Å². The lowest BCUT2D eigenvalue weighted by Crippen LogP contribution is -2.36. The van der Waals surface area contributed by atoms with Gasteiger partial charge < -0.3 is 10.6 Å². The first-order valence-electron chi connectivity index (χ1n) is 6.59. The molecule has 7 nitrogen and oxygen atoms in total. The third-order valence-electron chi connectivity index (χ3n) is 3.40. The fourth-order valence-corrected chi connectivity index (χ4v) is 2.81. The first-order valence-corrected chi connectivity index (χ1v) is 7.47. The second kappa shape index (κ2) is 6.52. The summed E-state index contributed by atoms with van der Waals surface area (Å²) in [5.74, 6) is -0.386. The van der Waals surface area contributed by atoms with Crippen molar-refractivity contribution in [3.05, 3.63) is 50.3 Å². The smallest absolute Gasteiger partial charge is 0.288 e. The van der Waals surface area contributed by atoms with Crippen LogP contribution >= 0.6 is 11.3 Å². The monoisotopic (exact) mass is 320 g/mol. The number of pyridine rings is 1. The number of aromatic nitrogens is 1. The minimum Gasteiger partial charge on any atom is -0.383 e. The largest absolute Gasteiger partial charge is 0.383 e. The highest BCUT2D eigenvalue weighted by Crippen LogP contribution is 2.20. The lowest BCUT2D eigenvalue weighted by Gasteiger charge is -2.25. The van der Waals surface area contributed by atoms with Crippen LogP contribution in [0.4, 0.5) is 11.5 Å². The Morgan fingerprint density at radius 3 is 2.91 bits per heavy atom. The molecule has 2 N–H and O–H groups in total. The highest BCUT2D eigenvalue weighted by Gasteiger charge is 2.23. The number of likely N-dealkylation sites (N-methyl/N-ethyl adjacent to an activating group) is 1. The van der Waals surface area contributed by atoms with E-state index in [9.17, 15) is 14.9 Å². The third kappa shape index (κ3) is 3.40. The SMILES string of the molecule is CC(Cc1cccs1)N(C)C(=O)c1cc([N+](=O)[O-])cnc1N. The molecule has 0 aliphatic rings. The summed E-state index contributed by atoms with van der Waals surface area (Å²) in [6.45, 7) is 1.92. The minimum absolute atomic E-state index is 0.00854. The van der Waals surface area contributed by atoms with Gasteiger partial charge in [-0.1, -0.05) is 6.07 Å². The Kier molecular flexibility index (Phi) is 4.71. The van der Waals surface area contributed by atoms with Gasteiger partial charge in [-0.2, -0.15) is 0 Å². The lowest BCUT2D eigenvalue weighted by molar-refractivity contribution is -0.385. The molecule has 116 valence electrons. The van der Waals surface area contributed by atoms with Crippen molar-refractivity contribution >= 4 is 28.7 Å². The topological polar surface area (TPSA) is 102 Å². The Morgan fingerprint density at radius 2 is 2.32 bits per heavy atom. The first-order chi connectivity index (χ1) is 10.4. The molecular weight excluding hydrogens is 304 g/mol. The van der Waals surface area contributed by atoms with Gasteiger partial charge in [0.05, 0.1) is 10.5 Å². The number of nitrogens with two attached hydrogens (primary N) is 1. The summed E-state index contributed by atoms with van der Waals surface area (Å²) >= 11 is 1.62. The van der Waals surface area contributed by atoms with Gasteiger partial charge in [0.2, 0.25) is 0 Å². The zero-order valence-electron chi connectivity index (χ0n) is 12.2. The molecule has 1 unspecified atom stereocenters. The number of hydrogen-bond donors (Lipinski definition) is 1. The van der Waals surface area contributed by atoms with Crippen molar-refractivity contribution in [2.45, 2.75) is 19.4 Å². The molecule has 0 aromatic carbocycles. The van der Waals surface area contributed by atoms with Crippen molar-refractivity contribution in [2.24, 2.45) is 0 Å². The molecule has 0 fully saturated rings. The van der Waals surface area contributed by atoms with E-state index in [0.29, 0.717) is 6.42 Å². The number of nitrogens with zero attached hydrogens (tertiary/aromatic N) is 3. The molecule has 0 saturated carbocycles. The van der Waals surface area contributed by atoms with Gasteiger partial charge in [-0.3, -0.25) is 14.9 Å². The van der Waals surface area contributed by atoms with Crippen LogP contribution in [0.3, 0.4) is 0 Å². The zero-order valence-corrected chi connectivity index (χ0v) is 13.0. The molecule has 2 aromatic rings. The molecule has 2 aromatic heterocycles. The molecule has 1 amide bonds. The fraction of sp³-hybridized carbons (Fsp3) is 0.286. The average molecular weight is 320 g/mol. The summed E-state index contributed by atoms with van der Waals surface area (Å²) < 4.78 is 0. The molecule has 0 saturated heterocycles. The van der Waals surface area contributed by atoms with Gasteiger partial charge in [0.1, 0.15) is 12.0 Å². The van der Waals surface area contributed by atoms with Crippen LogP contribution in [0.2, 0.25) is 0 Å². The standard InChI is InChI=1S/C14H16N4O3S/c1-9(6-11-4-3-5-22-11)17(2)14(19)12-7-10(18(20)21)8-16-13(12)15/h3-5,7-9H,6H2,1-2H3,(H2,15,16). The van der Waals surface area contributed by atoms with Gasteiger partial charge in [-0.05, 0) is 18.4 Å². The fourth-order valence-electron chi connectivity index (χ4n) is 1.98. The van der Waals surface area contributed by atoms with Gasteiger partial charge >= 0.3 is 0 Å². The van der Waals surface area contributed by atoms with E-state index < -0.39 is 4.92 Å². The summed E-state index contributed by atoms with van der Waals surface area (Å²) in [4.78, 5) is 29.1. The van der Waals surface area contributed by atoms with E-state index in [-0.39, 0.29) is 29.0 Å². The van der Waals surface area contributed by atoms with Gasteiger partial charge in [0, 0.05) is 30.5 Å². The Bertz CT molecular complexity index is 687. The summed E-state index contributed by atoms with van der Waals surface area (Å²) in [6.07, 6.45) is 1.75. The Morgan fingerprint density at radius 1 is 1.59 bits per heavy atom. The summed E-state index contributed by atoms with van der Waals surface area (Å²) in [5.41, 5.74) is 5.48. The second-order valence-corrected chi connectivity index (χ2v) is 5.96. The van der Waals surface area contributed by atoms with Crippen LogP contribution in [0.25, 0.3) is 0 Å². The van der Waals surface area contributed by atoms with E-state index in [1.54, 1.807) is 18.4 Å². The Balaban J connectivity index is 2.19. The van der Waals surface area contributed by atoms with Gasteiger partial charge in [0.25, 0.3) is 11.6 Å². The van der Waals surface area contributed by atoms with Crippen molar-refractivity contribution in [1.29, 1.82) is 0 Å². The molecule has 1 atom stereocenters. The van der Waals surface area contributed by atoms with Crippen LogP contribution in [0.1, 0.15) is 22.2 Å². The molecule has 2 heterocycles. The summed E-state index contributed by atoms with van der Waals surface area (Å²) in [6, 6.07) is 5.06. The van der Waals surface area contributed by atoms with E-state index in [1.165, 1.54) is 11.0 Å². The number of thiophene rings is 1. The first kappa shape index (κ1) is 15.9. The van der Waals surface area contributed by atoms with Crippen molar-refractivity contribution in [1.82, 2.24) is 9.88 Å². The lowest BCUT2D eigenvalue weighted by atomic mass is 10.1. The van der Waals surface area contributed by atoms with Crippen LogP contribution in [-0.2, 0) is 6.42 Å². The van der Waals surface area contributed by atoms with Crippen LogP contribution in [0, 0.1) is 10.1 Å². The van der Waals surface area contributed by atoms with Gasteiger partial charge in [-0.25, -0.2) is 4.98 Å². The normalized spacial score (nSPS) is 11.9. The van der Waals surface area contributed by atoms with Crippen LogP contribution in [0.5, 0.6) is 0 Å². The maximum absolute atomic E-state index is 12.5. The Hall–Kier alpha value is -2.48. The molecule has 0 bridgehead atoms. The van der Waals surface area contributed by atoms with Crippen LogP contribution < -0.4 is 5.73 Å². The predicted octanol–water partition coefficient (Wildman–Crippen LogP) is 2.34. The average Bonchev–Trinajstić information content (AvgIpc) is 2.98. The highest BCUT2D eigenvalue weighted by atomic mass is 32.1. The second-order valence-electron chi connectivity index (χ2n) is 4.93. The molecule has 0 radical (unpaired) electrons. The Labute approximate surface area is 131 Å². The number of amides is 1. The number of hydrogen-bond acceptors (Lipinski definition) is 6. The minimum atomic E-state index is -0.599. The molecule has 8 heteroatoms. The van der Waals surface area contributed by atoms with E-state index >= 15 is 0 Å². The van der Waals surface area contributed by atoms with Crippen LogP contribution in [-0.4, -0.2) is 33.8 Å². The predicted molar refractivity (Wildman–Crippen MR) is 84.9 cm³/mol. The molecule has 0 spiro atoms. The molecule has 22 heavy (non-hydrogen) atoms. The van der Waals surface area contributed by atoms with E-state index in [1.807, 2.05) is 24.4 Å². The van der Waals surface area contributed by atoms with Crippen molar-refractivity contribution in [3.63, 3.8) is 0 Å². The maximum Gasteiger partial charge on any atom is 0.288 e. The number of nitrogen functional groups attached to an aromatic ring is 1. The summed E-state index contributed by atoms with van der Waals surface area (Å²) in [7, 11) is 1.65. The van der Waals surface area contributed by atoms with Crippen molar-refractivity contribution < 1.29 is 9.72 Å². The maximum atomic E-state index is 12.5. The van der Waals surface area contributed by atoms with Gasteiger partial charge in [-0.15, -0.1) is 11.3 Å². The zero-order chi connectivity index (χ0) is 16.3. The number of anilines is 1. The highest BCUT2D eigenvalue weighted by molar-refractivity contribution is 7.09. The number of carbonyl (C=O) groups excluding carboxylic acids is 1. The van der Waals surface area contributed by atoms with Crippen LogP contribution in [0.15, 0.2) is 29.8 Å². The third-order valence-corrected chi connectivity index (χ3v) is 4.30. The van der Waals surface area contributed by atoms with Crippen molar-refractivity contribution in [3.8, 4) is 0 Å². The number of rotatable bonds is 5. The molecule has 0 aliphatic heterocycles. The van der Waals surface area contributed by atoms with E-state index in [4.69, 9.17) is 5.73 Å². The number of nitro groups is 1. The van der Waals surface area contributed by atoms with Crippen molar-refractivity contribution in [2.75, 3.05) is 12.8 Å². The van der Waals surface area contributed by atoms with Gasteiger partial charge in [0.15, 0.2) is 0 Å². The quantitative estimate of drug-likeness (QED) is 0.673. The molecule has 0 aliphatic carbocycles.